The lowest BCUT2D eigenvalue weighted by molar-refractivity contribution is 0.0660. The number of phenolic OH excluding ortho intramolecular Hbond substituents is 1. The molecule has 8 nitrogen and oxygen atoms in total. The molecule has 0 amide bonds. The highest BCUT2D eigenvalue weighted by molar-refractivity contribution is 7.92. The molecular weight excluding hydrogens is 326 g/mol. The van der Waals surface area contributed by atoms with Gasteiger partial charge < -0.3 is 14.6 Å². The number of furan rings is 1. The van der Waals surface area contributed by atoms with Crippen LogP contribution in [0.1, 0.15) is 33.6 Å². The van der Waals surface area contributed by atoms with Crippen LogP contribution in [0.4, 0.5) is 5.69 Å². The Morgan fingerprint density at radius 3 is 2.43 bits per heavy atom. The number of nitrogens with one attached hydrogen (secondary N) is 1. The van der Waals surface area contributed by atoms with Crippen LogP contribution < -0.4 is 4.72 Å². The third kappa shape index (κ3) is 3.19. The second-order valence-electron chi connectivity index (χ2n) is 4.70. The molecule has 0 aliphatic rings. The highest BCUT2D eigenvalue weighted by Gasteiger charge is 2.25. The zero-order valence-corrected chi connectivity index (χ0v) is 13.0. The Balaban J connectivity index is 2.45. The minimum absolute atomic E-state index is 0.0414. The fourth-order valence-corrected chi connectivity index (χ4v) is 3.19. The van der Waals surface area contributed by atoms with E-state index in [0.29, 0.717) is 0 Å². The van der Waals surface area contributed by atoms with Crippen molar-refractivity contribution in [1.29, 1.82) is 0 Å². The van der Waals surface area contributed by atoms with E-state index in [0.717, 1.165) is 6.07 Å². The molecule has 0 saturated carbocycles. The molecule has 0 bridgehead atoms. The number of benzene rings is 1. The lowest BCUT2D eigenvalue weighted by Gasteiger charge is -2.10. The minimum Gasteiger partial charge on any atom is -0.505 e. The number of Topliss-reactive ketones (excluding diaryl/α,β-unsaturated/α-hetero) is 1. The van der Waals surface area contributed by atoms with Gasteiger partial charge in [-0.1, -0.05) is 6.07 Å². The molecule has 23 heavy (non-hydrogen) atoms. The Hall–Kier alpha value is -2.81. The number of hydrogen-bond acceptors (Lipinski definition) is 6. The normalized spacial score (nSPS) is 11.2. The van der Waals surface area contributed by atoms with E-state index in [1.54, 1.807) is 0 Å². The average molecular weight is 339 g/mol. The summed E-state index contributed by atoms with van der Waals surface area (Å²) in [6.07, 6.45) is 0. The van der Waals surface area contributed by atoms with Crippen molar-refractivity contribution in [2.45, 2.75) is 18.7 Å². The Morgan fingerprint density at radius 2 is 1.91 bits per heavy atom. The standard InChI is InChI=1S/C14H13NO7S/c1-7(16)9-4-3-5-10(13(9)17)15-23(20,21)12-6-11(14(18)19)22-8(12)2/h3-6,15,17H,1-2H3,(H,18,19). The van der Waals surface area contributed by atoms with Gasteiger partial charge in [0, 0.05) is 6.07 Å². The number of phenols is 1. The van der Waals surface area contributed by atoms with Crippen LogP contribution in [0.25, 0.3) is 0 Å². The summed E-state index contributed by atoms with van der Waals surface area (Å²) in [5, 5.41) is 18.8. The molecule has 9 heteroatoms. The van der Waals surface area contributed by atoms with Crippen LogP contribution in [0.15, 0.2) is 33.6 Å². The van der Waals surface area contributed by atoms with Crippen LogP contribution in [0.2, 0.25) is 0 Å². The van der Waals surface area contributed by atoms with E-state index in [4.69, 9.17) is 9.52 Å². The van der Waals surface area contributed by atoms with Gasteiger partial charge in [-0.3, -0.25) is 9.52 Å². The molecule has 0 radical (unpaired) electrons. The van der Waals surface area contributed by atoms with Crippen molar-refractivity contribution in [1.82, 2.24) is 0 Å². The smallest absolute Gasteiger partial charge is 0.371 e. The largest absolute Gasteiger partial charge is 0.505 e. The van der Waals surface area contributed by atoms with Gasteiger partial charge in [0.1, 0.15) is 16.4 Å². The number of ketones is 1. The van der Waals surface area contributed by atoms with E-state index >= 15 is 0 Å². The second-order valence-corrected chi connectivity index (χ2v) is 6.35. The van der Waals surface area contributed by atoms with E-state index in [1.165, 1.54) is 32.0 Å². The zero-order valence-electron chi connectivity index (χ0n) is 12.2. The van der Waals surface area contributed by atoms with Gasteiger partial charge in [0.15, 0.2) is 5.78 Å². The first-order valence-corrected chi connectivity index (χ1v) is 7.81. The summed E-state index contributed by atoms with van der Waals surface area (Å²) in [6, 6.07) is 4.89. The van der Waals surface area contributed by atoms with Gasteiger partial charge in [-0.2, -0.15) is 0 Å². The first-order valence-electron chi connectivity index (χ1n) is 6.33. The molecule has 2 aromatic rings. The number of sulfonamides is 1. The van der Waals surface area contributed by atoms with Crippen molar-refractivity contribution in [3.63, 3.8) is 0 Å². The van der Waals surface area contributed by atoms with Crippen molar-refractivity contribution in [3.05, 3.63) is 41.3 Å². The molecule has 0 saturated heterocycles. The lowest BCUT2D eigenvalue weighted by Crippen LogP contribution is -2.14. The molecule has 1 heterocycles. The predicted molar refractivity (Wildman–Crippen MR) is 79.3 cm³/mol. The van der Waals surface area contributed by atoms with Crippen LogP contribution in [0.5, 0.6) is 5.75 Å². The number of hydrogen-bond donors (Lipinski definition) is 3. The maximum Gasteiger partial charge on any atom is 0.371 e. The summed E-state index contributed by atoms with van der Waals surface area (Å²) >= 11 is 0. The van der Waals surface area contributed by atoms with Gasteiger partial charge >= 0.3 is 5.97 Å². The number of aromatic carboxylic acids is 1. The first-order chi connectivity index (χ1) is 10.6. The van der Waals surface area contributed by atoms with E-state index in [9.17, 15) is 23.1 Å². The van der Waals surface area contributed by atoms with Crippen molar-refractivity contribution in [2.24, 2.45) is 0 Å². The van der Waals surface area contributed by atoms with Gasteiger partial charge in [-0.05, 0) is 26.0 Å². The van der Waals surface area contributed by atoms with Crippen molar-refractivity contribution in [3.8, 4) is 5.75 Å². The van der Waals surface area contributed by atoms with Crippen LogP contribution in [0.3, 0.4) is 0 Å². The maximum absolute atomic E-state index is 12.3. The van der Waals surface area contributed by atoms with Gasteiger partial charge in [-0.15, -0.1) is 0 Å². The van der Waals surface area contributed by atoms with Gasteiger partial charge in [0.25, 0.3) is 10.0 Å². The summed E-state index contributed by atoms with van der Waals surface area (Å²) in [6.45, 7) is 2.53. The Morgan fingerprint density at radius 1 is 1.26 bits per heavy atom. The van der Waals surface area contributed by atoms with Gasteiger partial charge in [-0.25, -0.2) is 13.2 Å². The number of para-hydroxylation sites is 1. The highest BCUT2D eigenvalue weighted by Crippen LogP contribution is 2.31. The van der Waals surface area contributed by atoms with E-state index in [2.05, 4.69) is 4.72 Å². The molecule has 0 aliphatic heterocycles. The van der Waals surface area contributed by atoms with Crippen molar-refractivity contribution < 1.29 is 32.6 Å². The Labute approximate surface area is 131 Å². The van der Waals surface area contributed by atoms with Crippen molar-refractivity contribution in [2.75, 3.05) is 4.72 Å². The molecule has 3 N–H and O–H groups in total. The molecule has 0 atom stereocenters. The maximum atomic E-state index is 12.3. The second kappa shape index (κ2) is 5.76. The summed E-state index contributed by atoms with van der Waals surface area (Å²) in [4.78, 5) is 21.8. The molecule has 1 aromatic heterocycles. The molecule has 122 valence electrons. The number of aromatic hydroxyl groups is 1. The zero-order chi connectivity index (χ0) is 17.4. The summed E-state index contributed by atoms with van der Waals surface area (Å²) in [5.41, 5.74) is -0.240. The topological polar surface area (TPSA) is 134 Å². The quantitative estimate of drug-likeness (QED) is 0.560. The molecule has 1 aromatic carbocycles. The Kier molecular flexibility index (Phi) is 4.15. The summed E-state index contributed by atoms with van der Waals surface area (Å²) in [7, 11) is -4.20. The van der Waals surface area contributed by atoms with Crippen molar-refractivity contribution >= 4 is 27.5 Å². The number of aryl methyl sites for hydroxylation is 1. The first kappa shape index (κ1) is 16.6. The van der Waals surface area contributed by atoms with Crippen LogP contribution in [-0.2, 0) is 10.0 Å². The average Bonchev–Trinajstić information content (AvgIpc) is 2.84. The lowest BCUT2D eigenvalue weighted by atomic mass is 10.1. The number of carbonyl (C=O) groups is 2. The third-order valence-electron chi connectivity index (χ3n) is 3.03. The number of carboxylic acids is 1. The fraction of sp³-hybridized carbons (Fsp3) is 0.143. The predicted octanol–water partition coefficient (Wildman–Crippen LogP) is 2.00. The number of carboxylic acid groups (broad SMARTS) is 1. The molecule has 2 rings (SSSR count). The number of rotatable bonds is 5. The summed E-state index contributed by atoms with van der Waals surface area (Å²) in [5.74, 6) is -2.99. The van der Waals surface area contributed by atoms with Crippen LogP contribution in [0, 0.1) is 6.92 Å². The SMILES string of the molecule is CC(=O)c1cccc(NS(=O)(=O)c2cc(C(=O)O)oc2C)c1O. The van der Waals surface area contributed by atoms with E-state index in [-0.39, 0.29) is 21.9 Å². The molecule has 0 fully saturated rings. The van der Waals surface area contributed by atoms with Gasteiger partial charge in [0.05, 0.1) is 11.3 Å². The van der Waals surface area contributed by atoms with E-state index < -0.39 is 33.3 Å². The number of carbonyl (C=O) groups excluding carboxylic acids is 1. The summed E-state index contributed by atoms with van der Waals surface area (Å²) < 4.78 is 31.6. The highest BCUT2D eigenvalue weighted by atomic mass is 32.2. The molecule has 0 unspecified atom stereocenters. The molecule has 0 aliphatic carbocycles. The van der Waals surface area contributed by atoms with E-state index in [1.807, 2.05) is 0 Å². The number of anilines is 1. The molecular formula is C14H13NO7S. The monoisotopic (exact) mass is 339 g/mol. The molecule has 0 spiro atoms. The minimum atomic E-state index is -4.20. The van der Waals surface area contributed by atoms with Crippen LogP contribution >= 0.6 is 0 Å². The fourth-order valence-electron chi connectivity index (χ4n) is 1.95. The van der Waals surface area contributed by atoms with Gasteiger partial charge in [0.2, 0.25) is 5.76 Å². The third-order valence-corrected chi connectivity index (χ3v) is 4.51. The van der Waals surface area contributed by atoms with Crippen LogP contribution in [-0.4, -0.2) is 30.4 Å². The Bertz CT molecular complexity index is 896.